The van der Waals surface area contributed by atoms with Crippen LogP contribution in [0.15, 0.2) is 36.5 Å². The van der Waals surface area contributed by atoms with Crippen molar-refractivity contribution in [3.63, 3.8) is 0 Å². The minimum absolute atomic E-state index is 0.0358. The van der Waals surface area contributed by atoms with Crippen molar-refractivity contribution < 1.29 is 31.5 Å². The smallest absolute Gasteiger partial charge is 0.350 e. The summed E-state index contributed by atoms with van der Waals surface area (Å²) in [5.41, 5.74) is -0.474. The van der Waals surface area contributed by atoms with Crippen molar-refractivity contribution in [1.82, 2.24) is 40.3 Å². The number of pyridine rings is 1. The van der Waals surface area contributed by atoms with Gasteiger partial charge in [0.2, 0.25) is 0 Å². The molecule has 0 aliphatic heterocycles. The lowest BCUT2D eigenvalue weighted by atomic mass is 10.1. The molecule has 3 heterocycles. The lowest BCUT2D eigenvalue weighted by Gasteiger charge is -2.15. The van der Waals surface area contributed by atoms with E-state index in [-0.39, 0.29) is 49.6 Å². The van der Waals surface area contributed by atoms with Crippen LogP contribution in [-0.4, -0.2) is 59.0 Å². The number of hydrogen-bond acceptors (Lipinski definition) is 7. The molecule has 0 aliphatic rings. The molecule has 3 aromatic heterocycles. The fourth-order valence-corrected chi connectivity index (χ4v) is 4.21. The summed E-state index contributed by atoms with van der Waals surface area (Å²) in [6, 6.07) is 6.43. The fourth-order valence-electron chi connectivity index (χ4n) is 3.47. The third-order valence-electron chi connectivity index (χ3n) is 5.28. The summed E-state index contributed by atoms with van der Waals surface area (Å²) < 4.78 is 66.4. The monoisotopic (exact) mass is 651 g/mol. The fraction of sp³-hybridized carbons (Fsp3) is 0.261. The summed E-state index contributed by atoms with van der Waals surface area (Å²) >= 11 is 18.6. The van der Waals surface area contributed by atoms with Crippen molar-refractivity contribution >= 4 is 52.3 Å². The van der Waals surface area contributed by atoms with E-state index in [4.69, 9.17) is 34.8 Å². The van der Waals surface area contributed by atoms with Crippen molar-refractivity contribution in [1.29, 1.82) is 0 Å². The van der Waals surface area contributed by atoms with E-state index in [1.165, 1.54) is 30.5 Å². The molecule has 11 nitrogen and oxygen atoms in total. The standard InChI is InChI=1S/C23H17Cl3F5N9O2/c1-10(2)33-19(41)13-6-11(24)7-15(26)17(13)34-20(42)16-8-12(36-40(16)18-14(25)4-3-5-32-18)9-39-37-21(35-38-39)22(27,28)23(29,30)31/h3-8,10H,9H2,1-2H3,(H,33,41)(H,34,42). The number of alkyl halides is 5. The average molecular weight is 653 g/mol. The van der Waals surface area contributed by atoms with E-state index in [9.17, 15) is 31.5 Å². The van der Waals surface area contributed by atoms with E-state index < -0.39 is 36.3 Å². The van der Waals surface area contributed by atoms with Crippen LogP contribution in [0.1, 0.15) is 46.2 Å². The normalized spacial score (nSPS) is 12.1. The zero-order valence-corrected chi connectivity index (χ0v) is 23.5. The summed E-state index contributed by atoms with van der Waals surface area (Å²) in [4.78, 5) is 30.9. The Morgan fingerprint density at radius 1 is 1.00 bits per heavy atom. The first-order valence-corrected chi connectivity index (χ1v) is 12.8. The molecule has 19 heteroatoms. The molecule has 2 N–H and O–H groups in total. The van der Waals surface area contributed by atoms with E-state index in [2.05, 4.69) is 36.1 Å². The number of tetrazole rings is 1. The zero-order chi connectivity index (χ0) is 31.0. The SMILES string of the molecule is CC(C)NC(=O)c1cc(Cl)cc(Cl)c1NC(=O)c1cc(Cn2nnc(C(F)(F)C(F)(F)F)n2)nn1-c1ncccc1Cl. The molecule has 4 aromatic rings. The molecule has 0 spiro atoms. The maximum atomic E-state index is 13.6. The van der Waals surface area contributed by atoms with E-state index in [0.29, 0.717) is 4.80 Å². The van der Waals surface area contributed by atoms with Crippen LogP contribution in [0.2, 0.25) is 15.1 Å². The minimum atomic E-state index is -5.95. The topological polar surface area (TPSA) is 133 Å². The van der Waals surface area contributed by atoms with Gasteiger partial charge in [0.15, 0.2) is 5.82 Å². The highest BCUT2D eigenvalue weighted by Gasteiger charge is 2.62. The summed E-state index contributed by atoms with van der Waals surface area (Å²) in [7, 11) is 0. The van der Waals surface area contributed by atoms with Crippen LogP contribution in [0.3, 0.4) is 0 Å². The van der Waals surface area contributed by atoms with Gasteiger partial charge in [-0.3, -0.25) is 9.59 Å². The second kappa shape index (κ2) is 11.8. The number of halogens is 8. The molecule has 222 valence electrons. The Labute approximate surface area is 247 Å². The van der Waals surface area contributed by atoms with E-state index in [1.807, 2.05) is 0 Å². The molecule has 0 fully saturated rings. The summed E-state index contributed by atoms with van der Waals surface area (Å²) in [5, 5.41) is 18.6. The highest BCUT2D eigenvalue weighted by molar-refractivity contribution is 6.38. The molecule has 0 saturated heterocycles. The number of hydrogen-bond donors (Lipinski definition) is 2. The number of aromatic nitrogens is 7. The summed E-state index contributed by atoms with van der Waals surface area (Å²) in [6.07, 6.45) is -4.60. The molecule has 0 bridgehead atoms. The van der Waals surface area contributed by atoms with Gasteiger partial charge < -0.3 is 10.6 Å². The summed E-state index contributed by atoms with van der Waals surface area (Å²) in [6.45, 7) is 2.86. The first kappa shape index (κ1) is 31.1. The Bertz CT molecular complexity index is 1660. The Balaban J connectivity index is 1.73. The minimum Gasteiger partial charge on any atom is -0.350 e. The van der Waals surface area contributed by atoms with Gasteiger partial charge in [-0.25, -0.2) is 9.67 Å². The van der Waals surface area contributed by atoms with Crippen LogP contribution in [0.4, 0.5) is 27.6 Å². The molecule has 0 aliphatic carbocycles. The van der Waals surface area contributed by atoms with Gasteiger partial charge in [-0.15, -0.1) is 10.2 Å². The third-order valence-corrected chi connectivity index (χ3v) is 6.09. The van der Waals surface area contributed by atoms with Gasteiger partial charge in [-0.2, -0.15) is 31.8 Å². The van der Waals surface area contributed by atoms with Gasteiger partial charge in [0.05, 0.1) is 27.0 Å². The number of nitrogens with zero attached hydrogens (tertiary/aromatic N) is 7. The molecule has 0 unspecified atom stereocenters. The van der Waals surface area contributed by atoms with Gasteiger partial charge >= 0.3 is 12.1 Å². The lowest BCUT2D eigenvalue weighted by Crippen LogP contribution is -2.35. The first-order valence-electron chi connectivity index (χ1n) is 11.6. The number of anilines is 1. The molecule has 1 aromatic carbocycles. The average Bonchev–Trinajstić information content (AvgIpc) is 3.52. The summed E-state index contributed by atoms with van der Waals surface area (Å²) in [5.74, 6) is -8.73. The maximum Gasteiger partial charge on any atom is 0.461 e. The Hall–Kier alpha value is -3.89. The third kappa shape index (κ3) is 6.44. The number of amides is 2. The van der Waals surface area contributed by atoms with Crippen molar-refractivity contribution in [2.45, 2.75) is 38.5 Å². The van der Waals surface area contributed by atoms with Gasteiger partial charge in [0, 0.05) is 17.3 Å². The molecule has 0 saturated carbocycles. The van der Waals surface area contributed by atoms with Gasteiger partial charge in [-0.1, -0.05) is 34.8 Å². The van der Waals surface area contributed by atoms with Crippen molar-refractivity contribution in [3.05, 3.63) is 74.4 Å². The van der Waals surface area contributed by atoms with Gasteiger partial charge in [-0.05, 0) is 49.4 Å². The lowest BCUT2D eigenvalue weighted by molar-refractivity contribution is -0.292. The van der Waals surface area contributed by atoms with E-state index >= 15 is 0 Å². The second-order valence-electron chi connectivity index (χ2n) is 8.85. The van der Waals surface area contributed by atoms with Crippen molar-refractivity contribution in [2.24, 2.45) is 0 Å². The van der Waals surface area contributed by atoms with Crippen LogP contribution in [0.5, 0.6) is 0 Å². The molecule has 42 heavy (non-hydrogen) atoms. The van der Waals surface area contributed by atoms with E-state index in [1.54, 1.807) is 13.8 Å². The van der Waals surface area contributed by atoms with Gasteiger partial charge in [0.1, 0.15) is 12.2 Å². The number of rotatable bonds is 8. The van der Waals surface area contributed by atoms with Crippen LogP contribution in [-0.2, 0) is 12.5 Å². The number of benzene rings is 1. The van der Waals surface area contributed by atoms with Crippen LogP contribution < -0.4 is 10.6 Å². The highest BCUT2D eigenvalue weighted by Crippen LogP contribution is 2.42. The Morgan fingerprint density at radius 3 is 2.36 bits per heavy atom. The molecular weight excluding hydrogens is 636 g/mol. The molecule has 0 atom stereocenters. The van der Waals surface area contributed by atoms with Crippen molar-refractivity contribution in [2.75, 3.05) is 5.32 Å². The molecule has 4 rings (SSSR count). The van der Waals surface area contributed by atoms with Crippen LogP contribution in [0, 0.1) is 0 Å². The van der Waals surface area contributed by atoms with Crippen molar-refractivity contribution in [3.8, 4) is 5.82 Å². The Morgan fingerprint density at radius 2 is 1.71 bits per heavy atom. The van der Waals surface area contributed by atoms with Gasteiger partial charge in [0.25, 0.3) is 17.6 Å². The van der Waals surface area contributed by atoms with Crippen LogP contribution in [0.25, 0.3) is 5.82 Å². The second-order valence-corrected chi connectivity index (χ2v) is 10.1. The van der Waals surface area contributed by atoms with Crippen LogP contribution >= 0.6 is 34.8 Å². The molecule has 2 amide bonds. The Kier molecular flexibility index (Phi) is 8.71. The predicted octanol–water partition coefficient (Wildman–Crippen LogP) is 5.31. The zero-order valence-electron chi connectivity index (χ0n) is 21.2. The number of carbonyl (C=O) groups excluding carboxylic acids is 2. The maximum absolute atomic E-state index is 13.6. The molecular formula is C23H17Cl3F5N9O2. The molecule has 0 radical (unpaired) electrons. The number of nitrogens with one attached hydrogen (secondary N) is 2. The highest BCUT2D eigenvalue weighted by atomic mass is 35.5. The number of carbonyl (C=O) groups is 2. The quantitative estimate of drug-likeness (QED) is 0.247. The largest absolute Gasteiger partial charge is 0.461 e. The predicted molar refractivity (Wildman–Crippen MR) is 140 cm³/mol. The first-order chi connectivity index (χ1) is 19.6. The van der Waals surface area contributed by atoms with E-state index in [0.717, 1.165) is 10.7 Å².